The maximum absolute atomic E-state index is 12.6. The molecule has 0 unspecified atom stereocenters. The summed E-state index contributed by atoms with van der Waals surface area (Å²) >= 11 is 1.69. The molecule has 3 rings (SSSR count). The number of carbonyl (C=O) groups excluding carboxylic acids is 2. The molecular weight excluding hydrogens is 380 g/mol. The first-order valence-corrected chi connectivity index (χ1v) is 10.7. The molecule has 2 aromatic carbocycles. The van der Waals surface area contributed by atoms with Gasteiger partial charge in [0.05, 0.1) is 10.9 Å². The highest BCUT2D eigenvalue weighted by atomic mass is 32.1. The summed E-state index contributed by atoms with van der Waals surface area (Å²) in [6, 6.07) is 21.9. The van der Waals surface area contributed by atoms with Crippen LogP contribution in [0.2, 0.25) is 0 Å². The van der Waals surface area contributed by atoms with Gasteiger partial charge >= 0.3 is 0 Å². The third kappa shape index (κ3) is 6.11. The molecule has 0 aliphatic rings. The summed E-state index contributed by atoms with van der Waals surface area (Å²) in [6.07, 6.45) is 0.508. The summed E-state index contributed by atoms with van der Waals surface area (Å²) in [7, 11) is 0. The molecule has 0 saturated carbocycles. The quantitative estimate of drug-likeness (QED) is 0.573. The zero-order valence-corrected chi connectivity index (χ0v) is 17.6. The number of nitrogens with two attached hydrogens (primary N) is 1. The molecule has 1 heterocycles. The van der Waals surface area contributed by atoms with Crippen LogP contribution in [0.1, 0.15) is 34.5 Å². The second-order valence-electron chi connectivity index (χ2n) is 7.26. The van der Waals surface area contributed by atoms with Crippen molar-refractivity contribution in [1.29, 1.82) is 0 Å². The van der Waals surface area contributed by atoms with Crippen LogP contribution in [0.25, 0.3) is 0 Å². The Morgan fingerprint density at radius 3 is 2.34 bits per heavy atom. The topological polar surface area (TPSA) is 62.8 Å². The number of quaternary nitrogens is 1. The smallest absolute Gasteiger partial charge is 0.275 e. The van der Waals surface area contributed by atoms with E-state index in [0.717, 1.165) is 5.56 Å². The number of hydrogen-bond donors (Lipinski definition) is 2. The molecular formula is C24H27N2O2S+. The van der Waals surface area contributed by atoms with Crippen molar-refractivity contribution in [3.05, 3.63) is 93.7 Å². The van der Waals surface area contributed by atoms with Crippen LogP contribution >= 0.6 is 11.3 Å². The van der Waals surface area contributed by atoms with Gasteiger partial charge in [0.2, 0.25) is 0 Å². The van der Waals surface area contributed by atoms with Crippen LogP contribution in [0.15, 0.2) is 72.1 Å². The number of thiophene rings is 1. The number of nitrogens with one attached hydrogen (secondary N) is 1. The minimum Gasteiger partial charge on any atom is -0.341 e. The minimum absolute atomic E-state index is 0.0319. The lowest BCUT2D eigenvalue weighted by molar-refractivity contribution is -0.676. The molecule has 3 aromatic rings. The van der Waals surface area contributed by atoms with Crippen LogP contribution in [-0.2, 0) is 16.0 Å². The first-order valence-electron chi connectivity index (χ1n) is 9.80. The number of amides is 1. The van der Waals surface area contributed by atoms with Crippen LogP contribution in [0, 0.1) is 6.92 Å². The lowest BCUT2D eigenvalue weighted by Gasteiger charge is -2.18. The molecule has 29 heavy (non-hydrogen) atoms. The summed E-state index contributed by atoms with van der Waals surface area (Å²) in [5.74, 6) is -0.162. The van der Waals surface area contributed by atoms with Crippen LogP contribution in [0.4, 0.5) is 0 Å². The van der Waals surface area contributed by atoms with E-state index in [2.05, 4.69) is 48.0 Å². The molecule has 1 amide bonds. The number of hydrogen-bond acceptors (Lipinski definition) is 3. The summed E-state index contributed by atoms with van der Waals surface area (Å²) in [6.45, 7) is 3.85. The fraction of sp³-hybridized carbons (Fsp3) is 0.250. The van der Waals surface area contributed by atoms with Gasteiger partial charge < -0.3 is 10.6 Å². The van der Waals surface area contributed by atoms with E-state index in [4.69, 9.17) is 0 Å². The van der Waals surface area contributed by atoms with Gasteiger partial charge in [-0.25, -0.2) is 0 Å². The van der Waals surface area contributed by atoms with Gasteiger partial charge in [-0.3, -0.25) is 9.59 Å². The highest BCUT2D eigenvalue weighted by Crippen LogP contribution is 2.22. The average molecular weight is 408 g/mol. The SMILES string of the molecule is CC(=O)[C@H](Cc1ccccc1)NC(=O)C[NH2+][C@@H](c1ccc(C)cc1)c1cccs1. The van der Waals surface area contributed by atoms with Gasteiger partial charge in [0.25, 0.3) is 5.91 Å². The van der Waals surface area contributed by atoms with Crippen molar-refractivity contribution in [2.24, 2.45) is 0 Å². The van der Waals surface area contributed by atoms with Crippen LogP contribution in [-0.4, -0.2) is 24.3 Å². The lowest BCUT2D eigenvalue weighted by atomic mass is 10.0. The van der Waals surface area contributed by atoms with Crippen molar-refractivity contribution < 1.29 is 14.9 Å². The maximum atomic E-state index is 12.6. The third-order valence-corrected chi connectivity index (χ3v) is 5.89. The van der Waals surface area contributed by atoms with E-state index >= 15 is 0 Å². The number of aryl methyl sites for hydroxylation is 1. The van der Waals surface area contributed by atoms with E-state index in [1.165, 1.54) is 22.9 Å². The van der Waals surface area contributed by atoms with E-state index in [-0.39, 0.29) is 24.3 Å². The van der Waals surface area contributed by atoms with Crippen molar-refractivity contribution >= 4 is 23.0 Å². The number of carbonyl (C=O) groups is 2. The van der Waals surface area contributed by atoms with Gasteiger partial charge in [-0.15, -0.1) is 11.3 Å². The Balaban J connectivity index is 1.64. The molecule has 150 valence electrons. The first-order chi connectivity index (χ1) is 14.0. The van der Waals surface area contributed by atoms with Gasteiger partial charge in [-0.2, -0.15) is 0 Å². The molecule has 0 aliphatic carbocycles. The van der Waals surface area contributed by atoms with E-state index in [1.807, 2.05) is 41.7 Å². The van der Waals surface area contributed by atoms with Gasteiger partial charge in [-0.05, 0) is 37.3 Å². The zero-order chi connectivity index (χ0) is 20.6. The Kier molecular flexibility index (Phi) is 7.33. The van der Waals surface area contributed by atoms with Gasteiger partial charge in [0.15, 0.2) is 12.3 Å². The van der Waals surface area contributed by atoms with E-state index in [0.29, 0.717) is 6.42 Å². The summed E-state index contributed by atoms with van der Waals surface area (Å²) < 4.78 is 0. The van der Waals surface area contributed by atoms with Crippen LogP contribution < -0.4 is 10.6 Å². The van der Waals surface area contributed by atoms with Crippen LogP contribution in [0.5, 0.6) is 0 Å². The standard InChI is InChI=1S/C24H26N2O2S/c1-17-10-12-20(13-11-17)24(22-9-6-14-29-22)25-16-23(28)26-21(18(2)27)15-19-7-4-3-5-8-19/h3-14,21,24-25H,15-16H2,1-2H3,(H,26,28)/p+1/t21-,24-/m0/s1. The number of benzene rings is 2. The molecule has 0 saturated heterocycles. The molecule has 0 bridgehead atoms. The first kappa shape index (κ1) is 21.0. The summed E-state index contributed by atoms with van der Waals surface area (Å²) in [5, 5.41) is 6.99. The molecule has 4 nitrogen and oxygen atoms in total. The average Bonchev–Trinajstić information content (AvgIpc) is 3.24. The second kappa shape index (κ2) is 10.1. The van der Waals surface area contributed by atoms with Crippen molar-refractivity contribution in [2.75, 3.05) is 6.54 Å². The predicted molar refractivity (Wildman–Crippen MR) is 117 cm³/mol. The minimum atomic E-state index is -0.502. The highest BCUT2D eigenvalue weighted by molar-refractivity contribution is 7.10. The van der Waals surface area contributed by atoms with Gasteiger partial charge in [0.1, 0.15) is 6.04 Å². The fourth-order valence-electron chi connectivity index (χ4n) is 3.28. The fourth-order valence-corrected chi connectivity index (χ4v) is 4.13. The Morgan fingerprint density at radius 2 is 1.72 bits per heavy atom. The van der Waals surface area contributed by atoms with Crippen LogP contribution in [0.3, 0.4) is 0 Å². The normalized spacial score (nSPS) is 12.9. The molecule has 0 radical (unpaired) electrons. The maximum Gasteiger partial charge on any atom is 0.275 e. The largest absolute Gasteiger partial charge is 0.341 e. The molecule has 0 fully saturated rings. The highest BCUT2D eigenvalue weighted by Gasteiger charge is 2.22. The Labute approximate surface area is 176 Å². The second-order valence-corrected chi connectivity index (χ2v) is 8.24. The molecule has 3 N–H and O–H groups in total. The predicted octanol–water partition coefficient (Wildman–Crippen LogP) is 3.03. The van der Waals surface area contributed by atoms with Crippen molar-refractivity contribution in [2.45, 2.75) is 32.4 Å². The number of Topliss-reactive ketones (excluding diaryl/α,β-unsaturated/α-hetero) is 1. The molecule has 0 aliphatic heterocycles. The number of rotatable bonds is 9. The molecule has 1 aromatic heterocycles. The number of ketones is 1. The van der Waals surface area contributed by atoms with Crippen molar-refractivity contribution in [1.82, 2.24) is 5.32 Å². The van der Waals surface area contributed by atoms with Gasteiger partial charge in [-0.1, -0.05) is 66.2 Å². The third-order valence-electron chi connectivity index (χ3n) is 4.93. The lowest BCUT2D eigenvalue weighted by Crippen LogP contribution is -2.87. The summed E-state index contributed by atoms with van der Waals surface area (Å²) in [4.78, 5) is 25.9. The van der Waals surface area contributed by atoms with Crippen molar-refractivity contribution in [3.63, 3.8) is 0 Å². The molecule has 0 spiro atoms. The zero-order valence-electron chi connectivity index (χ0n) is 16.8. The molecule has 5 heteroatoms. The van der Waals surface area contributed by atoms with E-state index in [1.54, 1.807) is 11.3 Å². The van der Waals surface area contributed by atoms with Gasteiger partial charge in [0, 0.05) is 5.56 Å². The Morgan fingerprint density at radius 1 is 1.00 bits per heavy atom. The molecule has 2 atom stereocenters. The Hall–Kier alpha value is -2.76. The summed E-state index contributed by atoms with van der Waals surface area (Å²) in [5.41, 5.74) is 3.41. The van der Waals surface area contributed by atoms with E-state index in [9.17, 15) is 9.59 Å². The van der Waals surface area contributed by atoms with E-state index < -0.39 is 6.04 Å². The monoisotopic (exact) mass is 407 g/mol. The Bertz CT molecular complexity index is 921. The van der Waals surface area contributed by atoms with Crippen molar-refractivity contribution in [3.8, 4) is 0 Å².